The van der Waals surface area contributed by atoms with Gasteiger partial charge in [0.2, 0.25) is 5.91 Å². The van der Waals surface area contributed by atoms with Gasteiger partial charge in [0.05, 0.1) is 6.04 Å². The molecule has 1 aromatic rings. The molecule has 222 valence electrons. The van der Waals surface area contributed by atoms with Crippen molar-refractivity contribution in [2.45, 2.75) is 78.2 Å². The first-order valence-electron chi connectivity index (χ1n) is 12.6. The Labute approximate surface area is 238 Å². The Morgan fingerprint density at radius 2 is 1.68 bits per heavy atom. The lowest BCUT2D eigenvalue weighted by molar-refractivity contribution is -0.129. The van der Waals surface area contributed by atoms with E-state index in [-0.39, 0.29) is 46.3 Å². The summed E-state index contributed by atoms with van der Waals surface area (Å²) in [4.78, 5) is 61.1. The molecule has 1 rings (SSSR count). The van der Waals surface area contributed by atoms with Gasteiger partial charge in [-0.15, -0.1) is 0 Å². The van der Waals surface area contributed by atoms with E-state index in [1.54, 1.807) is 58.9 Å². The van der Waals surface area contributed by atoms with E-state index in [4.69, 9.17) is 15.2 Å². The lowest BCUT2D eigenvalue weighted by Gasteiger charge is -2.27. The third kappa shape index (κ3) is 14.7. The molecule has 40 heavy (non-hydrogen) atoms. The van der Waals surface area contributed by atoms with Crippen LogP contribution in [0.25, 0.3) is 0 Å². The van der Waals surface area contributed by atoms with E-state index in [0.29, 0.717) is 17.5 Å². The Bertz CT molecular complexity index is 1040. The van der Waals surface area contributed by atoms with Gasteiger partial charge in [-0.25, -0.2) is 18.9 Å². The number of carbonyl (C=O) groups excluding carboxylic acids is 5. The first kappa shape index (κ1) is 34.7. The summed E-state index contributed by atoms with van der Waals surface area (Å²) in [5, 5.41) is 7.79. The molecule has 0 saturated heterocycles. The molecule has 0 spiro atoms. The number of ether oxygens (including phenoxy) is 2. The SMILES string of the molecule is CC(C)[C@H](NC(=O)OC(C)(C)C)C(=O)NC(CCCNC(N)=O)C(=O)Cc1ccc(COC(=O)OP=NP)cc1. The van der Waals surface area contributed by atoms with Crippen LogP contribution in [0.5, 0.6) is 0 Å². The molecule has 0 aromatic heterocycles. The second-order valence-corrected chi connectivity index (χ2v) is 11.4. The van der Waals surface area contributed by atoms with Gasteiger partial charge in [0.25, 0.3) is 8.60 Å². The summed E-state index contributed by atoms with van der Waals surface area (Å²) in [7, 11) is 2.16. The first-order chi connectivity index (χ1) is 18.7. The van der Waals surface area contributed by atoms with Gasteiger partial charge in [0.15, 0.2) is 5.78 Å². The summed E-state index contributed by atoms with van der Waals surface area (Å²) in [6, 6.07) is 4.32. The minimum Gasteiger partial charge on any atom is -0.444 e. The summed E-state index contributed by atoms with van der Waals surface area (Å²) in [5.41, 5.74) is 5.72. The molecule has 0 aliphatic heterocycles. The smallest absolute Gasteiger partial charge is 0.444 e. The Hall–Kier alpha value is -3.30. The van der Waals surface area contributed by atoms with Crippen LogP contribution in [-0.4, -0.2) is 54.2 Å². The molecular weight excluding hydrogens is 560 g/mol. The van der Waals surface area contributed by atoms with Gasteiger partial charge >= 0.3 is 18.3 Å². The fourth-order valence-electron chi connectivity index (χ4n) is 3.37. The van der Waals surface area contributed by atoms with Crippen molar-refractivity contribution in [3.63, 3.8) is 0 Å². The Kier molecular flexibility index (Phi) is 15.1. The summed E-state index contributed by atoms with van der Waals surface area (Å²) in [6.45, 7) is 8.86. The predicted molar refractivity (Wildman–Crippen MR) is 152 cm³/mol. The van der Waals surface area contributed by atoms with Gasteiger partial charge in [-0.1, -0.05) is 38.1 Å². The zero-order valence-corrected chi connectivity index (χ0v) is 25.4. The first-order valence-corrected chi connectivity index (χ1v) is 13.9. The summed E-state index contributed by atoms with van der Waals surface area (Å²) in [6.07, 6.45) is -0.986. The van der Waals surface area contributed by atoms with Gasteiger partial charge < -0.3 is 35.7 Å². The van der Waals surface area contributed by atoms with Crippen molar-refractivity contribution < 1.29 is 38.0 Å². The van der Waals surface area contributed by atoms with E-state index in [0.717, 1.165) is 0 Å². The summed E-state index contributed by atoms with van der Waals surface area (Å²) >= 11 is 0. The van der Waals surface area contributed by atoms with Gasteiger partial charge in [0.1, 0.15) is 18.2 Å². The molecule has 0 saturated carbocycles. The van der Waals surface area contributed by atoms with E-state index in [9.17, 15) is 24.0 Å². The molecule has 1 aromatic carbocycles. The van der Waals surface area contributed by atoms with Crippen molar-refractivity contribution in [2.24, 2.45) is 16.2 Å². The number of alkyl carbamates (subject to hydrolysis) is 1. The molecule has 0 bridgehead atoms. The number of hydrogen-bond acceptors (Lipinski definition) is 9. The van der Waals surface area contributed by atoms with E-state index in [2.05, 4.69) is 34.4 Å². The maximum atomic E-state index is 13.2. The molecule has 0 aliphatic carbocycles. The molecular formula is C25H39N5O8P2. The quantitative estimate of drug-likeness (QED) is 0.141. The fraction of sp³-hybridized carbons (Fsp3) is 0.560. The number of Topliss-reactive ketones (excluding diaryl/α,β-unsaturated/α-hetero) is 1. The number of primary amides is 1. The molecule has 4 amide bonds. The molecule has 0 fully saturated rings. The van der Waals surface area contributed by atoms with Crippen LogP contribution in [0.4, 0.5) is 14.4 Å². The summed E-state index contributed by atoms with van der Waals surface area (Å²) < 4.78 is 18.4. The highest BCUT2D eigenvalue weighted by atomic mass is 31.1. The highest BCUT2D eigenvalue weighted by Crippen LogP contribution is 2.13. The Balaban J connectivity index is 2.91. The number of rotatable bonds is 14. The van der Waals surface area contributed by atoms with Gasteiger partial charge in [-0.2, -0.15) is 0 Å². The van der Waals surface area contributed by atoms with Crippen LogP contribution in [0.1, 0.15) is 58.6 Å². The van der Waals surface area contributed by atoms with Crippen LogP contribution >= 0.6 is 18.0 Å². The summed E-state index contributed by atoms with van der Waals surface area (Å²) in [5.74, 6) is -1.09. The Morgan fingerprint density at radius 3 is 2.23 bits per heavy atom. The number of amides is 4. The molecule has 0 aliphatic rings. The third-order valence-electron chi connectivity index (χ3n) is 5.22. The maximum Gasteiger partial charge on any atom is 0.518 e. The highest BCUT2D eigenvalue weighted by molar-refractivity contribution is 7.31. The number of benzene rings is 1. The van der Waals surface area contributed by atoms with Crippen LogP contribution in [0.2, 0.25) is 0 Å². The van der Waals surface area contributed by atoms with Crippen molar-refractivity contribution in [3.05, 3.63) is 35.4 Å². The van der Waals surface area contributed by atoms with E-state index < -0.39 is 41.9 Å². The van der Waals surface area contributed by atoms with Crippen LogP contribution < -0.4 is 21.7 Å². The standard InChI is InChI=1S/C25H39N5O8P2/c1-15(2)20(29-23(34)37-25(3,4)5)21(32)28-18(7-6-12-27-22(26)33)19(31)13-16-8-10-17(11-9-16)14-36-24(35)38-40-30-39/h8-11,15,18,20H,6-7,12-14,39H2,1-5H3,(H,28,32)(H,29,34)(H3,26,27,33)/t18?,20-/m0/s1. The van der Waals surface area contributed by atoms with Crippen LogP contribution in [0, 0.1) is 5.92 Å². The highest BCUT2D eigenvalue weighted by Gasteiger charge is 2.30. The third-order valence-corrected chi connectivity index (χ3v) is 5.82. The topological polar surface area (TPSA) is 188 Å². The monoisotopic (exact) mass is 599 g/mol. The average Bonchev–Trinajstić information content (AvgIpc) is 2.85. The number of nitrogens with two attached hydrogens (primary N) is 1. The zero-order valence-electron chi connectivity index (χ0n) is 23.4. The minimum absolute atomic E-state index is 0.0117. The fourth-order valence-corrected chi connectivity index (χ4v) is 3.67. The van der Waals surface area contributed by atoms with Crippen molar-refractivity contribution >= 4 is 48.0 Å². The molecule has 0 heterocycles. The largest absolute Gasteiger partial charge is 0.518 e. The lowest BCUT2D eigenvalue weighted by Crippen LogP contribution is -2.54. The maximum absolute atomic E-state index is 13.2. The van der Waals surface area contributed by atoms with Crippen molar-refractivity contribution in [1.82, 2.24) is 16.0 Å². The average molecular weight is 600 g/mol. The lowest BCUT2D eigenvalue weighted by atomic mass is 9.97. The number of carbonyl (C=O) groups is 5. The predicted octanol–water partition coefficient (Wildman–Crippen LogP) is 3.77. The zero-order chi connectivity index (χ0) is 30.3. The number of urea groups is 1. The molecule has 15 heteroatoms. The number of ketones is 1. The second kappa shape index (κ2) is 17.4. The molecule has 13 nitrogen and oxygen atoms in total. The van der Waals surface area contributed by atoms with Crippen LogP contribution in [0.3, 0.4) is 0 Å². The molecule has 3 atom stereocenters. The molecule has 5 N–H and O–H groups in total. The van der Waals surface area contributed by atoms with E-state index >= 15 is 0 Å². The van der Waals surface area contributed by atoms with Crippen molar-refractivity contribution in [3.8, 4) is 0 Å². The second-order valence-electron chi connectivity index (χ2n) is 10.1. The van der Waals surface area contributed by atoms with E-state index in [1.807, 2.05) is 0 Å². The number of hydrogen-bond donors (Lipinski definition) is 4. The minimum atomic E-state index is -0.941. The van der Waals surface area contributed by atoms with Crippen LogP contribution in [0.15, 0.2) is 28.8 Å². The molecule has 0 radical (unpaired) electrons. The van der Waals surface area contributed by atoms with Crippen molar-refractivity contribution in [1.29, 1.82) is 0 Å². The Morgan fingerprint density at radius 1 is 1.05 bits per heavy atom. The number of nitrogens with one attached hydrogen (secondary N) is 3. The molecule has 2 unspecified atom stereocenters. The van der Waals surface area contributed by atoms with Gasteiger partial charge in [-0.05, 0) is 60.0 Å². The van der Waals surface area contributed by atoms with Crippen molar-refractivity contribution in [2.75, 3.05) is 6.54 Å². The van der Waals surface area contributed by atoms with Crippen LogP contribution in [-0.2, 0) is 36.6 Å². The van der Waals surface area contributed by atoms with Gasteiger partial charge in [0, 0.05) is 13.0 Å². The van der Waals surface area contributed by atoms with E-state index in [1.165, 1.54) is 0 Å². The number of nitrogens with zero attached hydrogens (tertiary/aromatic N) is 1. The van der Waals surface area contributed by atoms with Gasteiger partial charge in [-0.3, -0.25) is 9.59 Å². The normalized spacial score (nSPS) is 12.8.